The lowest BCUT2D eigenvalue weighted by molar-refractivity contribution is 0.111. The molecule has 58 valence electrons. The summed E-state index contributed by atoms with van der Waals surface area (Å²) in [4.78, 5) is 20.3. The number of nitrogens with zero attached hydrogens (tertiary/aromatic N) is 3. The van der Waals surface area contributed by atoms with Gasteiger partial charge in [-0.3, -0.25) is 4.79 Å². The smallest absolute Gasteiger partial charge is 0.181 e. The van der Waals surface area contributed by atoms with Crippen LogP contribution in [0.15, 0.2) is 17.4 Å². The fourth-order valence-electron chi connectivity index (χ4n) is 0.775. The van der Waals surface area contributed by atoms with Crippen molar-refractivity contribution in [3.63, 3.8) is 0 Å². The average Bonchev–Trinajstić information content (AvgIpc) is 2.50. The van der Waals surface area contributed by atoms with Gasteiger partial charge < -0.3 is 0 Å². The molecule has 5 heteroatoms. The zero-order valence-corrected chi connectivity index (χ0v) is 5.97. The van der Waals surface area contributed by atoms with Gasteiger partial charge in [-0.25, -0.2) is 4.68 Å². The van der Waals surface area contributed by atoms with Crippen molar-refractivity contribution < 1.29 is 4.79 Å². The largest absolute Gasteiger partial charge is 0.296 e. The topological polar surface area (TPSA) is 64.3 Å². The number of rotatable bonds is 3. The molecular formula is C6H7N3O2. The molecule has 1 aromatic rings. The number of aromatic nitrogens is 2. The zero-order valence-electron chi connectivity index (χ0n) is 5.97. The van der Waals surface area contributed by atoms with E-state index in [-0.39, 0.29) is 0 Å². The van der Waals surface area contributed by atoms with E-state index in [0.717, 1.165) is 0 Å². The molecule has 0 aliphatic heterocycles. The van der Waals surface area contributed by atoms with Gasteiger partial charge in [0.25, 0.3) is 0 Å². The Morgan fingerprint density at radius 1 is 1.82 bits per heavy atom. The van der Waals surface area contributed by atoms with E-state index in [2.05, 4.69) is 10.3 Å². The summed E-state index contributed by atoms with van der Waals surface area (Å²) in [5, 5.41) is 6.48. The van der Waals surface area contributed by atoms with Gasteiger partial charge >= 0.3 is 0 Å². The van der Waals surface area contributed by atoms with Gasteiger partial charge in [0.1, 0.15) is 5.69 Å². The highest BCUT2D eigenvalue weighted by atomic mass is 16.3. The fraction of sp³-hybridized carbons (Fsp3) is 0.333. The molecule has 0 amide bonds. The van der Waals surface area contributed by atoms with Gasteiger partial charge in [0.2, 0.25) is 0 Å². The molecule has 0 N–H and O–H groups in total. The summed E-state index contributed by atoms with van der Waals surface area (Å²) in [7, 11) is 0. The maximum absolute atomic E-state index is 10.3. The highest BCUT2D eigenvalue weighted by molar-refractivity contribution is 5.71. The first kappa shape index (κ1) is 7.59. The third kappa shape index (κ3) is 1.31. The van der Waals surface area contributed by atoms with Crippen LogP contribution < -0.4 is 0 Å². The second kappa shape index (κ2) is 3.05. The van der Waals surface area contributed by atoms with E-state index in [0.29, 0.717) is 12.0 Å². The SMILES string of the molecule is CC(N=O)n1nccc1C=O. The molecule has 0 saturated carbocycles. The Balaban J connectivity index is 3.00. The van der Waals surface area contributed by atoms with Crippen LogP contribution in [0.1, 0.15) is 23.6 Å². The summed E-state index contributed by atoms with van der Waals surface area (Å²) in [5.41, 5.74) is 0.358. The predicted octanol–water partition coefficient (Wildman–Crippen LogP) is 0.980. The van der Waals surface area contributed by atoms with Crippen LogP contribution in [0.3, 0.4) is 0 Å². The maximum atomic E-state index is 10.3. The maximum Gasteiger partial charge on any atom is 0.181 e. The minimum atomic E-state index is -0.620. The van der Waals surface area contributed by atoms with Crippen LogP contribution in [0.25, 0.3) is 0 Å². The molecule has 11 heavy (non-hydrogen) atoms. The van der Waals surface area contributed by atoms with E-state index in [1.54, 1.807) is 6.92 Å². The molecule has 1 heterocycles. The second-order valence-electron chi connectivity index (χ2n) is 2.06. The van der Waals surface area contributed by atoms with Gasteiger partial charge in [-0.05, 0) is 18.2 Å². The van der Waals surface area contributed by atoms with Gasteiger partial charge in [0.05, 0.1) is 0 Å². The molecule has 0 spiro atoms. The van der Waals surface area contributed by atoms with E-state index in [4.69, 9.17) is 0 Å². The third-order valence-corrected chi connectivity index (χ3v) is 1.33. The van der Waals surface area contributed by atoms with Crippen molar-refractivity contribution in [2.75, 3.05) is 0 Å². The molecular weight excluding hydrogens is 146 g/mol. The normalized spacial score (nSPS) is 12.5. The first-order valence-corrected chi connectivity index (χ1v) is 3.10. The Labute approximate surface area is 63.0 Å². The molecule has 0 aliphatic carbocycles. The van der Waals surface area contributed by atoms with Crippen molar-refractivity contribution in [2.45, 2.75) is 13.1 Å². The molecule has 5 nitrogen and oxygen atoms in total. The number of carbonyl (C=O) groups is 1. The molecule has 0 bridgehead atoms. The van der Waals surface area contributed by atoms with Crippen molar-refractivity contribution >= 4 is 6.29 Å². The molecule has 0 fully saturated rings. The van der Waals surface area contributed by atoms with Crippen LogP contribution in [0.5, 0.6) is 0 Å². The lowest BCUT2D eigenvalue weighted by atomic mass is 10.4. The minimum absolute atomic E-state index is 0.358. The van der Waals surface area contributed by atoms with Crippen LogP contribution in [-0.4, -0.2) is 16.1 Å². The van der Waals surface area contributed by atoms with E-state index in [1.807, 2.05) is 0 Å². The average molecular weight is 153 g/mol. The number of nitroso groups, excluding NO2 is 1. The van der Waals surface area contributed by atoms with Crippen molar-refractivity contribution in [1.29, 1.82) is 0 Å². The van der Waals surface area contributed by atoms with Gasteiger partial charge in [0, 0.05) is 6.20 Å². The Morgan fingerprint density at radius 2 is 2.55 bits per heavy atom. The van der Waals surface area contributed by atoms with Crippen LogP contribution in [0, 0.1) is 4.91 Å². The van der Waals surface area contributed by atoms with Crippen molar-refractivity contribution in [3.8, 4) is 0 Å². The summed E-state index contributed by atoms with van der Waals surface area (Å²) in [6.07, 6.45) is 1.46. The first-order chi connectivity index (χ1) is 5.29. The van der Waals surface area contributed by atoms with Crippen molar-refractivity contribution in [3.05, 3.63) is 22.9 Å². The zero-order chi connectivity index (χ0) is 8.27. The van der Waals surface area contributed by atoms with Crippen LogP contribution >= 0.6 is 0 Å². The molecule has 1 aromatic heterocycles. The summed E-state index contributed by atoms with van der Waals surface area (Å²) >= 11 is 0. The Kier molecular flexibility index (Phi) is 2.10. The number of carbonyl (C=O) groups excluding carboxylic acids is 1. The van der Waals surface area contributed by atoms with E-state index in [1.165, 1.54) is 16.9 Å². The fourth-order valence-corrected chi connectivity index (χ4v) is 0.775. The molecule has 0 aliphatic rings. The molecule has 0 radical (unpaired) electrons. The standard InChI is InChI=1S/C6H7N3O2/c1-5(8-11)9-6(4-10)2-3-7-9/h2-5H,1H3. The summed E-state index contributed by atoms with van der Waals surface area (Å²) in [5.74, 6) is 0. The Hall–Kier alpha value is -1.52. The van der Waals surface area contributed by atoms with E-state index < -0.39 is 6.17 Å². The Bertz CT molecular complexity index is 269. The molecule has 0 saturated heterocycles. The number of aldehydes is 1. The number of hydrogen-bond acceptors (Lipinski definition) is 4. The highest BCUT2D eigenvalue weighted by Gasteiger charge is 2.07. The molecule has 0 aromatic carbocycles. The minimum Gasteiger partial charge on any atom is -0.296 e. The summed E-state index contributed by atoms with van der Waals surface area (Å²) in [6.45, 7) is 1.56. The first-order valence-electron chi connectivity index (χ1n) is 3.10. The Morgan fingerprint density at radius 3 is 3.09 bits per heavy atom. The lowest BCUT2D eigenvalue weighted by Crippen LogP contribution is -2.07. The lowest BCUT2D eigenvalue weighted by Gasteiger charge is -2.02. The third-order valence-electron chi connectivity index (χ3n) is 1.33. The van der Waals surface area contributed by atoms with E-state index in [9.17, 15) is 9.70 Å². The summed E-state index contributed by atoms with van der Waals surface area (Å²) < 4.78 is 1.26. The summed E-state index contributed by atoms with van der Waals surface area (Å²) in [6, 6.07) is 1.52. The van der Waals surface area contributed by atoms with Crippen molar-refractivity contribution in [2.24, 2.45) is 5.18 Å². The van der Waals surface area contributed by atoms with Crippen LogP contribution in [-0.2, 0) is 0 Å². The molecule has 1 unspecified atom stereocenters. The van der Waals surface area contributed by atoms with Crippen molar-refractivity contribution in [1.82, 2.24) is 9.78 Å². The molecule has 1 rings (SSSR count). The van der Waals surface area contributed by atoms with E-state index >= 15 is 0 Å². The predicted molar refractivity (Wildman–Crippen MR) is 38.1 cm³/mol. The molecule has 1 atom stereocenters. The van der Waals surface area contributed by atoms with Crippen LogP contribution in [0.4, 0.5) is 0 Å². The quantitative estimate of drug-likeness (QED) is 0.480. The van der Waals surface area contributed by atoms with Gasteiger partial charge in [-0.15, -0.1) is 4.91 Å². The number of hydrogen-bond donors (Lipinski definition) is 0. The monoisotopic (exact) mass is 153 g/mol. The van der Waals surface area contributed by atoms with Gasteiger partial charge in [0.15, 0.2) is 12.5 Å². The van der Waals surface area contributed by atoms with Gasteiger partial charge in [-0.2, -0.15) is 5.10 Å². The highest BCUT2D eigenvalue weighted by Crippen LogP contribution is 2.07. The van der Waals surface area contributed by atoms with Gasteiger partial charge in [-0.1, -0.05) is 0 Å². The second-order valence-corrected chi connectivity index (χ2v) is 2.06. The van der Waals surface area contributed by atoms with Crippen LogP contribution in [0.2, 0.25) is 0 Å².